The van der Waals surface area contributed by atoms with Crippen LogP contribution in [-0.2, 0) is 57.5 Å². The van der Waals surface area contributed by atoms with Crippen LogP contribution >= 0.6 is 0 Å². The molecule has 3 amide bonds. The molecule has 3 heterocycles. The van der Waals surface area contributed by atoms with Crippen LogP contribution in [0.25, 0.3) is 0 Å². The van der Waals surface area contributed by atoms with Crippen molar-refractivity contribution in [3.05, 3.63) is 0 Å². The van der Waals surface area contributed by atoms with E-state index in [9.17, 15) is 103 Å². The van der Waals surface area contributed by atoms with Crippen molar-refractivity contribution in [2.24, 2.45) is 5.41 Å². The number of carboxylic acids is 9. The third kappa shape index (κ3) is 50.4. The molecule has 0 spiro atoms. The second-order valence-electron chi connectivity index (χ2n) is 26.0. The largest absolute Gasteiger partial charge is 3.00 e. The zero-order chi connectivity index (χ0) is 72.4. The van der Waals surface area contributed by atoms with E-state index in [0.717, 1.165) is 19.3 Å². The summed E-state index contributed by atoms with van der Waals surface area (Å²) in [5.74, 6) is -12.1. The molecule has 3 radical (unpaired) electrons. The van der Waals surface area contributed by atoms with Gasteiger partial charge in [0.15, 0.2) is 0 Å². The zero-order valence-corrected chi connectivity index (χ0v) is 64.9. The minimum atomic E-state index is -1.32. The minimum Gasteiger partial charge on any atom is -0.549 e. The number of nitrogens with one attached hydrogen (secondary N) is 3. The number of aliphatic carboxylic acids is 9. The maximum absolute atomic E-state index is 13.5. The molecule has 3 aliphatic heterocycles. The van der Waals surface area contributed by atoms with Gasteiger partial charge in [-0.1, -0.05) is 26.2 Å². The Morgan fingerprint density at radius 3 is 0.535 bits per heavy atom. The van der Waals surface area contributed by atoms with Crippen LogP contribution in [0.2, 0.25) is 0 Å². The van der Waals surface area contributed by atoms with Gasteiger partial charge in [0.25, 0.3) is 0 Å². The molecule has 3 fully saturated rings. The molecule has 0 unspecified atom stereocenters. The molecule has 36 nitrogen and oxygen atoms in total. The van der Waals surface area contributed by atoms with E-state index in [4.69, 9.17) is 0 Å². The van der Waals surface area contributed by atoms with E-state index in [-0.39, 0.29) is 339 Å². The maximum atomic E-state index is 13.5. The molecular weight excluding hydrogens is 1760 g/mol. The van der Waals surface area contributed by atoms with Gasteiger partial charge in [-0.05, 0) is 43.9 Å². The van der Waals surface area contributed by atoms with Crippen LogP contribution in [0, 0.1) is 125 Å². The number of carbonyl (C=O) groups is 12. The third-order valence-electron chi connectivity index (χ3n) is 17.7. The van der Waals surface area contributed by atoms with Crippen molar-refractivity contribution >= 4 is 71.4 Å². The molecule has 0 aliphatic carbocycles. The second-order valence-corrected chi connectivity index (χ2v) is 26.0. The summed E-state index contributed by atoms with van der Waals surface area (Å²) in [5.41, 5.74) is -0.242. The van der Waals surface area contributed by atoms with Gasteiger partial charge in [-0.3, -0.25) is 87.6 Å². The van der Waals surface area contributed by atoms with Gasteiger partial charge in [0.2, 0.25) is 17.7 Å². The number of hydrogen-bond donors (Lipinski definition) is 6. The van der Waals surface area contributed by atoms with Crippen LogP contribution < -0.4 is 46.6 Å². The molecule has 0 aromatic carbocycles. The smallest absolute Gasteiger partial charge is 0.549 e. The molecule has 0 saturated carbocycles. The first-order valence-electron chi connectivity index (χ1n) is 33.8. The number of amides is 3. The number of unbranched alkanes of at least 4 members (excludes halogenated alkanes) is 3. The third-order valence-corrected chi connectivity index (χ3v) is 17.7. The fourth-order valence-electron chi connectivity index (χ4n) is 12.2. The quantitative estimate of drug-likeness (QED) is 0.0311. The predicted octanol–water partition coefficient (Wildman–Crippen LogP) is -12.7. The van der Waals surface area contributed by atoms with Gasteiger partial charge < -0.3 is 90.7 Å². The summed E-state index contributed by atoms with van der Waals surface area (Å²) in [6.07, 6.45) is 6.15. The van der Waals surface area contributed by atoms with Crippen LogP contribution in [0.15, 0.2) is 0 Å². The van der Waals surface area contributed by atoms with Gasteiger partial charge in [0, 0.05) is 216 Å². The van der Waals surface area contributed by atoms with Gasteiger partial charge >= 0.3 is 138 Å². The van der Waals surface area contributed by atoms with Crippen LogP contribution in [-0.4, -0.2) is 401 Å². The van der Waals surface area contributed by atoms with E-state index in [2.05, 4.69) is 22.9 Å². The summed E-state index contributed by atoms with van der Waals surface area (Å²) in [6, 6.07) is 0. The number of nitrogens with zero attached hydrogens (tertiary/aromatic N) is 12. The van der Waals surface area contributed by atoms with Crippen LogP contribution in [0.4, 0.5) is 0 Å². The molecule has 0 bridgehead atoms. The molecule has 0 aromatic heterocycles. The number of hydrogen-bond acceptors (Lipinski definition) is 30. The molecule has 39 heteroatoms. The van der Waals surface area contributed by atoms with Gasteiger partial charge in [-0.25, -0.2) is 0 Å². The van der Waals surface area contributed by atoms with E-state index >= 15 is 0 Å². The van der Waals surface area contributed by atoms with E-state index < -0.39 is 93.0 Å². The molecule has 3 rings (SSSR count). The first-order chi connectivity index (χ1) is 46.5. The number of rotatable bonds is 39. The first kappa shape index (κ1) is 98.1. The van der Waals surface area contributed by atoms with Crippen molar-refractivity contribution in [2.75, 3.05) is 255 Å². The Balaban J connectivity index is 0.0000333. The maximum Gasteiger partial charge on any atom is 3.00 e. The predicted molar refractivity (Wildman–Crippen MR) is 339 cm³/mol. The molecule has 0 atom stereocenters. The van der Waals surface area contributed by atoms with Gasteiger partial charge in [-0.2, -0.15) is 0 Å². The molecular formula is C62H105Gd3N15O21+3. The summed E-state index contributed by atoms with van der Waals surface area (Å²) in [5, 5.41) is 107. The normalized spacial score (nSPS) is 18.3. The summed E-state index contributed by atoms with van der Waals surface area (Å²) < 4.78 is 0. The topological polar surface area (TPSA) is 479 Å². The van der Waals surface area contributed by atoms with Crippen molar-refractivity contribution in [3.63, 3.8) is 0 Å². The Bertz CT molecular complexity index is 2170. The Kier molecular flexibility index (Phi) is 54.8. The van der Waals surface area contributed by atoms with Crippen molar-refractivity contribution in [1.29, 1.82) is 0 Å². The summed E-state index contributed by atoms with van der Waals surface area (Å²) in [7, 11) is 0. The van der Waals surface area contributed by atoms with Crippen molar-refractivity contribution < 1.29 is 223 Å². The summed E-state index contributed by atoms with van der Waals surface area (Å²) in [4.78, 5) is 165. The average molecular weight is 1870 g/mol. The Labute approximate surface area is 687 Å². The number of carbonyl (C=O) groups excluding carboxylic acids is 9. The second kappa shape index (κ2) is 56.4. The van der Waals surface area contributed by atoms with Crippen LogP contribution in [0.3, 0.4) is 0 Å². The standard InChI is InChI=1S/C62H111N15O21.3Gd/c1-62(8-2-5-11-63-50(78)38-66-14-20-69(41-53(81)82)26-32-75(47-59(93)94)33-27-70(21-15-66)42-54(83)84,9-3-6-12-64-51(79)39-67-16-22-71(43-55(85)86)28-34-76(48-60(95)96)35-29-72(23-17-67)44-56(87)88)10-4-7-13-65-52(80)40-68-18-24-73(45-57(89)90)30-36-77(49-61(97)98)37-31-74(25-19-68)46-58(91)92;;;/h2-49H2,1H3,(H,63,78)(H,64,79)(H,65,80)(H,81,82)(H,83,84)(H,85,86)(H,87,88)(H,89,90)(H,91,92)(H,93,94)(H,95,96)(H,97,98);;;/q;3*+3/p-6. The molecule has 3 saturated heterocycles. The SMILES string of the molecule is CC(CCCCNC(=O)CN1CCN(CC(=O)[O-])CCN(CC(=O)O)CCN(CC(=O)[O-])CC1)(CCCCNC(=O)CN1CCN(CC(=O)[O-])CCN(CC(=O)O)CCN(CC(=O)[O-])CC1)CCCCNC(=O)CN1CCN(CC(=O)[O-])CCN(CC(=O)O)CCN(CC(=O)[O-])CC1.[Gd+3].[Gd+3].[Gd+3]. The fraction of sp³-hybridized carbons (Fsp3) is 0.806. The summed E-state index contributed by atoms with van der Waals surface area (Å²) >= 11 is 0. The van der Waals surface area contributed by atoms with Gasteiger partial charge in [0.1, 0.15) is 0 Å². The van der Waals surface area contributed by atoms with Crippen LogP contribution in [0.5, 0.6) is 0 Å². The van der Waals surface area contributed by atoms with Crippen molar-refractivity contribution in [3.8, 4) is 0 Å². The fourth-order valence-corrected chi connectivity index (χ4v) is 12.2. The molecule has 101 heavy (non-hydrogen) atoms. The Morgan fingerprint density at radius 2 is 0.396 bits per heavy atom. The average Bonchev–Trinajstić information content (AvgIpc) is 0.965. The molecule has 3 aliphatic rings. The summed E-state index contributed by atoms with van der Waals surface area (Å²) in [6.45, 7) is 4.23. The molecule has 575 valence electrons. The van der Waals surface area contributed by atoms with E-state index in [1.165, 1.54) is 0 Å². The van der Waals surface area contributed by atoms with E-state index in [0.29, 0.717) is 58.2 Å². The van der Waals surface area contributed by atoms with Gasteiger partial charge in [-0.15, -0.1) is 0 Å². The van der Waals surface area contributed by atoms with Gasteiger partial charge in [0.05, 0.1) is 75.1 Å². The first-order valence-corrected chi connectivity index (χ1v) is 33.8. The minimum absolute atomic E-state index is 0. The molecule has 0 aromatic rings. The number of carboxylic acid groups (broad SMARTS) is 9. The van der Waals surface area contributed by atoms with Crippen molar-refractivity contribution in [2.45, 2.75) is 64.7 Å². The van der Waals surface area contributed by atoms with E-state index in [1.54, 1.807) is 58.8 Å². The van der Waals surface area contributed by atoms with Crippen molar-refractivity contribution in [1.82, 2.24) is 74.7 Å². The molecule has 6 N–H and O–H groups in total. The van der Waals surface area contributed by atoms with E-state index in [1.807, 2.05) is 0 Å². The monoisotopic (exact) mass is 1870 g/mol. The van der Waals surface area contributed by atoms with Crippen LogP contribution in [0.1, 0.15) is 64.7 Å². The zero-order valence-electron chi connectivity index (χ0n) is 58.1. The Hall–Kier alpha value is -2.87. The Morgan fingerprint density at radius 1 is 0.257 bits per heavy atom.